The van der Waals surface area contributed by atoms with Crippen molar-refractivity contribution < 1.29 is 5.11 Å². The van der Waals surface area contributed by atoms with Crippen LogP contribution in [0.15, 0.2) is 18.3 Å². The Balaban J connectivity index is 2.35. The van der Waals surface area contributed by atoms with Gasteiger partial charge in [0.1, 0.15) is 5.82 Å². The zero-order valence-corrected chi connectivity index (χ0v) is 10.6. The van der Waals surface area contributed by atoms with Gasteiger partial charge in [0.05, 0.1) is 0 Å². The molecule has 4 heteroatoms. The molecule has 0 saturated heterocycles. The number of thioether (sulfide) groups is 1. The average molecular weight is 240 g/mol. The number of pyridine rings is 1. The van der Waals surface area contributed by atoms with Crippen LogP contribution in [-0.2, 0) is 5.75 Å². The van der Waals surface area contributed by atoms with Crippen LogP contribution in [0.4, 0.5) is 5.82 Å². The SMILES string of the molecule is CCCNc1cc(CSCCCO)ccn1. The summed E-state index contributed by atoms with van der Waals surface area (Å²) < 4.78 is 0. The van der Waals surface area contributed by atoms with Crippen molar-refractivity contribution in [2.24, 2.45) is 0 Å². The monoisotopic (exact) mass is 240 g/mol. The molecule has 0 fully saturated rings. The smallest absolute Gasteiger partial charge is 0.126 e. The average Bonchev–Trinajstić information content (AvgIpc) is 2.33. The van der Waals surface area contributed by atoms with Crippen molar-refractivity contribution in [2.45, 2.75) is 25.5 Å². The molecule has 0 spiro atoms. The van der Waals surface area contributed by atoms with E-state index in [1.165, 1.54) is 5.56 Å². The van der Waals surface area contributed by atoms with Crippen LogP contribution in [0.2, 0.25) is 0 Å². The summed E-state index contributed by atoms with van der Waals surface area (Å²) in [5.41, 5.74) is 1.29. The summed E-state index contributed by atoms with van der Waals surface area (Å²) >= 11 is 1.85. The van der Waals surface area contributed by atoms with Crippen LogP contribution in [-0.4, -0.2) is 29.0 Å². The van der Waals surface area contributed by atoms with Crippen molar-refractivity contribution in [3.63, 3.8) is 0 Å². The van der Waals surface area contributed by atoms with E-state index in [-0.39, 0.29) is 6.61 Å². The first kappa shape index (κ1) is 13.3. The molecule has 0 unspecified atom stereocenters. The standard InChI is InChI=1S/C12H20N2OS/c1-2-5-13-12-9-11(4-6-14-12)10-16-8-3-7-15/h4,6,9,15H,2-3,5,7-8,10H2,1H3,(H,13,14). The normalized spacial score (nSPS) is 10.4. The number of nitrogens with zero attached hydrogens (tertiary/aromatic N) is 1. The van der Waals surface area contributed by atoms with Crippen LogP contribution in [0, 0.1) is 0 Å². The maximum Gasteiger partial charge on any atom is 0.126 e. The van der Waals surface area contributed by atoms with Gasteiger partial charge in [-0.3, -0.25) is 0 Å². The summed E-state index contributed by atoms with van der Waals surface area (Å²) in [5, 5.41) is 11.9. The lowest BCUT2D eigenvalue weighted by molar-refractivity contribution is 0.296. The minimum atomic E-state index is 0.284. The van der Waals surface area contributed by atoms with Crippen molar-refractivity contribution >= 4 is 17.6 Å². The Bertz CT molecular complexity index is 294. The highest BCUT2D eigenvalue weighted by molar-refractivity contribution is 7.98. The molecular weight excluding hydrogens is 220 g/mol. The van der Waals surface area contributed by atoms with E-state index in [4.69, 9.17) is 5.11 Å². The van der Waals surface area contributed by atoms with Crippen molar-refractivity contribution in [2.75, 3.05) is 24.2 Å². The number of aliphatic hydroxyl groups is 1. The fourth-order valence-corrected chi connectivity index (χ4v) is 2.16. The van der Waals surface area contributed by atoms with Crippen molar-refractivity contribution in [1.82, 2.24) is 4.98 Å². The molecule has 0 atom stereocenters. The van der Waals surface area contributed by atoms with Crippen molar-refractivity contribution in [1.29, 1.82) is 0 Å². The highest BCUT2D eigenvalue weighted by Crippen LogP contribution is 2.15. The van der Waals surface area contributed by atoms with Gasteiger partial charge in [0, 0.05) is 25.1 Å². The molecule has 0 radical (unpaired) electrons. The minimum absolute atomic E-state index is 0.284. The van der Waals surface area contributed by atoms with Crippen LogP contribution in [0.1, 0.15) is 25.3 Å². The Morgan fingerprint density at radius 1 is 1.50 bits per heavy atom. The minimum Gasteiger partial charge on any atom is -0.396 e. The van der Waals surface area contributed by atoms with Crippen LogP contribution in [0.3, 0.4) is 0 Å². The van der Waals surface area contributed by atoms with Gasteiger partial charge in [0.25, 0.3) is 0 Å². The third kappa shape index (κ3) is 5.37. The Morgan fingerprint density at radius 3 is 3.12 bits per heavy atom. The second-order valence-electron chi connectivity index (χ2n) is 3.61. The maximum absolute atomic E-state index is 8.67. The molecule has 3 nitrogen and oxygen atoms in total. The first-order chi connectivity index (χ1) is 7.86. The Labute approximate surface area is 102 Å². The largest absolute Gasteiger partial charge is 0.396 e. The lowest BCUT2D eigenvalue weighted by Gasteiger charge is -2.06. The fraction of sp³-hybridized carbons (Fsp3) is 0.583. The van der Waals surface area contributed by atoms with Gasteiger partial charge in [-0.05, 0) is 36.3 Å². The second-order valence-corrected chi connectivity index (χ2v) is 4.71. The first-order valence-corrected chi connectivity index (χ1v) is 6.89. The number of hydrogen-bond donors (Lipinski definition) is 2. The summed E-state index contributed by atoms with van der Waals surface area (Å²) in [6.45, 7) is 3.39. The van der Waals surface area contributed by atoms with E-state index in [0.29, 0.717) is 0 Å². The summed E-state index contributed by atoms with van der Waals surface area (Å²) in [6, 6.07) is 4.14. The van der Waals surface area contributed by atoms with Gasteiger partial charge in [0.2, 0.25) is 0 Å². The van der Waals surface area contributed by atoms with Crippen LogP contribution in [0.5, 0.6) is 0 Å². The van der Waals surface area contributed by atoms with Gasteiger partial charge in [-0.2, -0.15) is 11.8 Å². The molecule has 0 bridgehead atoms. The predicted molar refractivity (Wildman–Crippen MR) is 70.9 cm³/mol. The molecule has 0 aliphatic carbocycles. The summed E-state index contributed by atoms with van der Waals surface area (Å²) in [5.74, 6) is 2.96. The fourth-order valence-electron chi connectivity index (χ4n) is 1.27. The van der Waals surface area contributed by atoms with Crippen LogP contribution in [0.25, 0.3) is 0 Å². The number of anilines is 1. The maximum atomic E-state index is 8.67. The van der Waals surface area contributed by atoms with Crippen LogP contribution >= 0.6 is 11.8 Å². The van der Waals surface area contributed by atoms with E-state index in [1.54, 1.807) is 0 Å². The molecule has 1 aromatic rings. The molecule has 90 valence electrons. The molecule has 0 aliphatic rings. The topological polar surface area (TPSA) is 45.1 Å². The Hall–Kier alpha value is -0.740. The lowest BCUT2D eigenvalue weighted by Crippen LogP contribution is -2.01. The van der Waals surface area contributed by atoms with Gasteiger partial charge in [0.15, 0.2) is 0 Å². The molecule has 0 amide bonds. The van der Waals surface area contributed by atoms with Gasteiger partial charge in [-0.1, -0.05) is 6.92 Å². The molecule has 0 saturated carbocycles. The summed E-state index contributed by atoms with van der Waals surface area (Å²) in [6.07, 6.45) is 3.83. The van der Waals surface area contributed by atoms with Gasteiger partial charge in [-0.15, -0.1) is 0 Å². The van der Waals surface area contributed by atoms with Crippen molar-refractivity contribution in [3.05, 3.63) is 23.9 Å². The van der Waals surface area contributed by atoms with E-state index in [1.807, 2.05) is 24.0 Å². The Morgan fingerprint density at radius 2 is 2.38 bits per heavy atom. The predicted octanol–water partition coefficient (Wildman–Crippen LogP) is 2.52. The van der Waals surface area contributed by atoms with Gasteiger partial charge >= 0.3 is 0 Å². The summed E-state index contributed by atoms with van der Waals surface area (Å²) in [7, 11) is 0. The number of nitrogens with one attached hydrogen (secondary N) is 1. The molecule has 1 rings (SSSR count). The number of aromatic nitrogens is 1. The highest BCUT2D eigenvalue weighted by atomic mass is 32.2. The molecule has 1 aromatic heterocycles. The number of hydrogen-bond acceptors (Lipinski definition) is 4. The van der Waals surface area contributed by atoms with Crippen molar-refractivity contribution in [3.8, 4) is 0 Å². The molecule has 0 aliphatic heterocycles. The molecule has 0 aromatic carbocycles. The number of rotatable bonds is 8. The molecule has 2 N–H and O–H groups in total. The number of aliphatic hydroxyl groups excluding tert-OH is 1. The molecule has 16 heavy (non-hydrogen) atoms. The lowest BCUT2D eigenvalue weighted by atomic mass is 10.3. The summed E-state index contributed by atoms with van der Waals surface area (Å²) in [4.78, 5) is 4.26. The van der Waals surface area contributed by atoms with E-state index in [2.05, 4.69) is 23.3 Å². The Kier molecular flexibility index (Phi) is 7.01. The van der Waals surface area contributed by atoms with E-state index < -0.39 is 0 Å². The highest BCUT2D eigenvalue weighted by Gasteiger charge is 1.97. The zero-order valence-electron chi connectivity index (χ0n) is 9.78. The second kappa shape index (κ2) is 8.42. The zero-order chi connectivity index (χ0) is 11.6. The molecular formula is C12H20N2OS. The third-order valence-corrected chi connectivity index (χ3v) is 3.21. The van der Waals surface area contributed by atoms with Gasteiger partial charge in [-0.25, -0.2) is 4.98 Å². The third-order valence-electron chi connectivity index (χ3n) is 2.10. The first-order valence-electron chi connectivity index (χ1n) is 5.74. The van der Waals surface area contributed by atoms with E-state index in [0.717, 1.165) is 36.7 Å². The van der Waals surface area contributed by atoms with E-state index >= 15 is 0 Å². The van der Waals surface area contributed by atoms with Gasteiger partial charge < -0.3 is 10.4 Å². The quantitative estimate of drug-likeness (QED) is 0.685. The molecule has 1 heterocycles. The van der Waals surface area contributed by atoms with E-state index in [9.17, 15) is 0 Å². The van der Waals surface area contributed by atoms with Crippen LogP contribution < -0.4 is 5.32 Å².